The fourth-order valence-electron chi connectivity index (χ4n) is 4.07. The number of hydrazone groups is 1. The Labute approximate surface area is 197 Å². The number of piperidine rings is 1. The maximum atomic E-state index is 12.8. The van der Waals surface area contributed by atoms with Crippen LogP contribution in [0.15, 0.2) is 58.3 Å². The number of hydrogen-bond acceptors (Lipinski definition) is 6. The minimum atomic E-state index is -0.405. The minimum absolute atomic E-state index is 0.0632. The van der Waals surface area contributed by atoms with Crippen molar-refractivity contribution in [2.24, 2.45) is 10.1 Å². The number of amides is 1. The molecule has 0 atom stereocenters. The van der Waals surface area contributed by atoms with E-state index in [-0.39, 0.29) is 11.4 Å². The first-order valence-corrected chi connectivity index (χ1v) is 12.0. The van der Waals surface area contributed by atoms with Crippen LogP contribution in [0.1, 0.15) is 30.5 Å². The number of likely N-dealkylation sites (tertiary alicyclic amines) is 1. The smallest absolute Gasteiger partial charge is 0.283 e. The van der Waals surface area contributed by atoms with Crippen molar-refractivity contribution in [3.8, 4) is 5.75 Å². The van der Waals surface area contributed by atoms with E-state index in [0.29, 0.717) is 18.3 Å². The number of amidine groups is 3. The second-order valence-corrected chi connectivity index (χ2v) is 9.18. The largest absolute Gasteiger partial charge is 0.492 e. The van der Waals surface area contributed by atoms with E-state index < -0.39 is 5.91 Å². The first-order valence-electron chi connectivity index (χ1n) is 11.2. The molecule has 0 bridgehead atoms. The molecule has 1 saturated heterocycles. The molecular formula is C24H26N6O2S. The number of carbonyl (C=O) groups is 1. The van der Waals surface area contributed by atoms with Crippen LogP contribution in [0.25, 0.3) is 6.08 Å². The molecule has 5 rings (SSSR count). The fourth-order valence-corrected chi connectivity index (χ4v) is 5.02. The van der Waals surface area contributed by atoms with Crippen LogP contribution >= 0.6 is 11.8 Å². The van der Waals surface area contributed by atoms with Gasteiger partial charge in [0, 0.05) is 25.0 Å². The molecular weight excluding hydrogens is 436 g/mol. The number of hydrogen-bond donors (Lipinski definition) is 1. The molecule has 3 aliphatic heterocycles. The monoisotopic (exact) mass is 462 g/mol. The number of nitrogens with one attached hydrogen (secondary N) is 1. The van der Waals surface area contributed by atoms with Gasteiger partial charge in [0.15, 0.2) is 11.0 Å². The third-order valence-electron chi connectivity index (χ3n) is 5.82. The van der Waals surface area contributed by atoms with Crippen LogP contribution in [0.2, 0.25) is 0 Å². The van der Waals surface area contributed by atoms with Gasteiger partial charge in [-0.1, -0.05) is 12.1 Å². The van der Waals surface area contributed by atoms with Gasteiger partial charge in [0.1, 0.15) is 12.4 Å². The average Bonchev–Trinajstić information content (AvgIpc) is 3.44. The van der Waals surface area contributed by atoms with Gasteiger partial charge >= 0.3 is 0 Å². The molecule has 0 unspecified atom stereocenters. The van der Waals surface area contributed by atoms with Gasteiger partial charge in [0.2, 0.25) is 5.17 Å². The molecule has 3 aliphatic rings. The maximum Gasteiger partial charge on any atom is 0.283 e. The Kier molecular flexibility index (Phi) is 6.04. The van der Waals surface area contributed by atoms with Crippen molar-refractivity contribution in [2.45, 2.75) is 32.7 Å². The lowest BCUT2D eigenvalue weighted by molar-refractivity contribution is -0.114. The first kappa shape index (κ1) is 21.5. The van der Waals surface area contributed by atoms with Crippen LogP contribution in [0.3, 0.4) is 0 Å². The van der Waals surface area contributed by atoms with Crippen molar-refractivity contribution >= 4 is 39.9 Å². The van der Waals surface area contributed by atoms with E-state index in [9.17, 15) is 4.79 Å². The van der Waals surface area contributed by atoms with Gasteiger partial charge in [-0.05, 0) is 73.9 Å². The number of aromatic nitrogens is 1. The van der Waals surface area contributed by atoms with Gasteiger partial charge in [-0.25, -0.2) is 0 Å². The zero-order valence-corrected chi connectivity index (χ0v) is 19.3. The van der Waals surface area contributed by atoms with Gasteiger partial charge in [0.25, 0.3) is 5.91 Å². The number of aliphatic imine (C=N–C) groups is 1. The SMILES string of the molecule is Cc1cccc(OCCn2cccc2/C=C2/C(=N)N3N=C(N4CCCCC4)SC3=NC2=O)c1. The van der Waals surface area contributed by atoms with Crippen LogP contribution in [0, 0.1) is 12.3 Å². The lowest BCUT2D eigenvalue weighted by Gasteiger charge is -2.26. The number of benzene rings is 1. The van der Waals surface area contributed by atoms with Crippen LogP contribution in [-0.4, -0.2) is 56.3 Å². The highest BCUT2D eigenvalue weighted by Gasteiger charge is 2.37. The second-order valence-electron chi connectivity index (χ2n) is 8.24. The third kappa shape index (κ3) is 4.59. The van der Waals surface area contributed by atoms with Crippen LogP contribution in [-0.2, 0) is 11.3 Å². The van der Waals surface area contributed by atoms with Crippen molar-refractivity contribution in [2.75, 3.05) is 19.7 Å². The van der Waals surface area contributed by atoms with Crippen LogP contribution in [0.5, 0.6) is 5.75 Å². The molecule has 0 aliphatic carbocycles. The summed E-state index contributed by atoms with van der Waals surface area (Å²) in [6.45, 7) is 5.05. The Bertz CT molecular complexity index is 1180. The molecule has 9 heteroatoms. The Balaban J connectivity index is 1.30. The summed E-state index contributed by atoms with van der Waals surface area (Å²) in [4.78, 5) is 19.2. The summed E-state index contributed by atoms with van der Waals surface area (Å²) in [5, 5.41) is 16.0. The number of aryl methyl sites for hydroxylation is 1. The summed E-state index contributed by atoms with van der Waals surface area (Å²) in [5.74, 6) is 0.493. The second kappa shape index (κ2) is 9.27. The van der Waals surface area contributed by atoms with Gasteiger partial charge in [-0.3, -0.25) is 10.2 Å². The number of nitrogens with zero attached hydrogens (tertiary/aromatic N) is 5. The zero-order chi connectivity index (χ0) is 22.8. The third-order valence-corrected chi connectivity index (χ3v) is 6.79. The Hall–Kier alpha value is -3.33. The van der Waals surface area contributed by atoms with Gasteiger partial charge in [0.05, 0.1) is 12.1 Å². The minimum Gasteiger partial charge on any atom is -0.492 e. The van der Waals surface area contributed by atoms with Crippen LogP contribution < -0.4 is 4.74 Å². The highest BCUT2D eigenvalue weighted by Crippen LogP contribution is 2.30. The molecule has 0 spiro atoms. The number of fused-ring (bicyclic) bond motifs is 1. The van der Waals surface area contributed by atoms with Crippen molar-refractivity contribution in [3.05, 3.63) is 59.4 Å². The van der Waals surface area contributed by atoms with Crippen molar-refractivity contribution in [1.82, 2.24) is 14.5 Å². The maximum absolute atomic E-state index is 12.8. The van der Waals surface area contributed by atoms with Gasteiger partial charge in [-0.2, -0.15) is 10.0 Å². The summed E-state index contributed by atoms with van der Waals surface area (Å²) >= 11 is 1.37. The Morgan fingerprint density at radius 1 is 1.15 bits per heavy atom. The van der Waals surface area contributed by atoms with E-state index in [1.807, 2.05) is 54.1 Å². The van der Waals surface area contributed by atoms with Crippen molar-refractivity contribution in [1.29, 1.82) is 5.41 Å². The molecule has 8 nitrogen and oxygen atoms in total. The fraction of sp³-hybridized carbons (Fsp3) is 0.333. The molecule has 0 saturated carbocycles. The standard InChI is InChI=1S/C24H26N6O2S/c1-17-7-5-9-19(15-17)32-14-13-28-12-6-8-18(28)16-20-21(25)30-23(26-22(20)31)33-24(27-30)29-10-3-2-4-11-29/h5-9,12,15-16,25H,2-4,10-11,13-14H2,1H3/b20-16-,25-21?. The molecule has 1 aromatic heterocycles. The Morgan fingerprint density at radius 2 is 2.00 bits per heavy atom. The lowest BCUT2D eigenvalue weighted by atomic mass is 10.1. The molecule has 1 amide bonds. The van der Waals surface area contributed by atoms with Gasteiger partial charge < -0.3 is 14.2 Å². The van der Waals surface area contributed by atoms with Crippen molar-refractivity contribution in [3.63, 3.8) is 0 Å². The zero-order valence-electron chi connectivity index (χ0n) is 18.5. The quantitative estimate of drug-likeness (QED) is 0.681. The molecule has 1 N–H and O–H groups in total. The molecule has 2 aromatic rings. The van der Waals surface area contributed by atoms with E-state index in [2.05, 4.69) is 15.0 Å². The molecule has 170 valence electrons. The van der Waals surface area contributed by atoms with E-state index in [4.69, 9.17) is 10.1 Å². The molecule has 0 radical (unpaired) electrons. The summed E-state index contributed by atoms with van der Waals surface area (Å²) in [5.41, 5.74) is 2.21. The summed E-state index contributed by atoms with van der Waals surface area (Å²) in [6.07, 6.45) is 7.17. The summed E-state index contributed by atoms with van der Waals surface area (Å²) < 4.78 is 7.87. The highest BCUT2D eigenvalue weighted by molar-refractivity contribution is 8.26. The van der Waals surface area contributed by atoms with Gasteiger partial charge in [-0.15, -0.1) is 5.10 Å². The predicted octanol–water partition coefficient (Wildman–Crippen LogP) is 3.94. The van der Waals surface area contributed by atoms with Crippen molar-refractivity contribution < 1.29 is 9.53 Å². The van der Waals surface area contributed by atoms with E-state index in [1.54, 1.807) is 6.08 Å². The molecule has 1 fully saturated rings. The lowest BCUT2D eigenvalue weighted by Crippen LogP contribution is -2.35. The molecule has 33 heavy (non-hydrogen) atoms. The van der Waals surface area contributed by atoms with E-state index in [1.165, 1.54) is 23.2 Å². The summed E-state index contributed by atoms with van der Waals surface area (Å²) in [7, 11) is 0. The Morgan fingerprint density at radius 3 is 2.82 bits per heavy atom. The van der Waals surface area contributed by atoms with E-state index >= 15 is 0 Å². The number of rotatable bonds is 5. The van der Waals surface area contributed by atoms with Crippen LogP contribution in [0.4, 0.5) is 0 Å². The molecule has 4 heterocycles. The molecule has 1 aromatic carbocycles. The van der Waals surface area contributed by atoms with E-state index in [0.717, 1.165) is 48.1 Å². The topological polar surface area (TPSA) is 86.3 Å². The number of ether oxygens (including phenoxy) is 1. The number of carbonyl (C=O) groups excluding carboxylic acids is 1. The highest BCUT2D eigenvalue weighted by atomic mass is 32.2. The average molecular weight is 463 g/mol. The first-order chi connectivity index (χ1) is 16.1. The number of thioether (sulfide) groups is 1. The summed E-state index contributed by atoms with van der Waals surface area (Å²) in [6, 6.07) is 11.8. The predicted molar refractivity (Wildman–Crippen MR) is 132 cm³/mol. The normalized spacial score (nSPS) is 19.6.